The fourth-order valence-corrected chi connectivity index (χ4v) is 13.6. The van der Waals surface area contributed by atoms with E-state index in [0.717, 1.165) is 0 Å². The zero-order valence-corrected chi connectivity index (χ0v) is 33.0. The molecule has 0 saturated carbocycles. The van der Waals surface area contributed by atoms with Gasteiger partial charge in [0.15, 0.2) is 0 Å². The summed E-state index contributed by atoms with van der Waals surface area (Å²) in [6.45, 7) is 0. The van der Waals surface area contributed by atoms with Gasteiger partial charge in [-0.05, 0) is 18.2 Å². The van der Waals surface area contributed by atoms with E-state index in [1.165, 1.54) is 113 Å². The predicted octanol–water partition coefficient (Wildman–Crippen LogP) is 13.5. The first kappa shape index (κ1) is 31.3. The minimum atomic E-state index is 0.0957. The number of hydrogen-bond acceptors (Lipinski definition) is 1. The molecule has 2 atom stereocenters. The molecule has 14 rings (SSSR count). The zero-order chi connectivity index (χ0) is 37.6. The van der Waals surface area contributed by atoms with Crippen LogP contribution in [0.25, 0.3) is 91.0 Å². The maximum atomic E-state index is 2.69. The summed E-state index contributed by atoms with van der Waals surface area (Å²) in [4.78, 5) is 2.69. The molecule has 0 fully saturated rings. The first-order chi connectivity index (χ1) is 28.8. The van der Waals surface area contributed by atoms with Crippen molar-refractivity contribution in [2.24, 2.45) is 0 Å². The molecule has 0 bridgehead atoms. The molecule has 0 radical (unpaired) electrons. The van der Waals surface area contributed by atoms with Crippen molar-refractivity contribution in [1.82, 2.24) is 9.13 Å². The summed E-state index contributed by atoms with van der Waals surface area (Å²) in [7, 11) is 0. The van der Waals surface area contributed by atoms with Crippen molar-refractivity contribution < 1.29 is 0 Å². The van der Waals surface area contributed by atoms with Crippen molar-refractivity contribution in [2.75, 3.05) is 4.90 Å². The molecule has 0 N–H and O–H groups in total. The third kappa shape index (κ3) is 3.89. The van der Waals surface area contributed by atoms with Crippen LogP contribution in [0.15, 0.2) is 188 Å². The number of aromatic nitrogens is 2. The molecule has 1 aliphatic carbocycles. The Kier molecular flexibility index (Phi) is 6.14. The molecule has 0 saturated heterocycles. The Morgan fingerprint density at radius 1 is 0.431 bits per heavy atom. The van der Waals surface area contributed by atoms with Gasteiger partial charge < -0.3 is 4.57 Å². The Morgan fingerprint density at radius 2 is 1.12 bits per heavy atom. The van der Waals surface area contributed by atoms with Gasteiger partial charge in [0.2, 0.25) is 0 Å². The van der Waals surface area contributed by atoms with Crippen molar-refractivity contribution in [3.63, 3.8) is 0 Å². The molecule has 3 aliphatic rings. The molecule has 4 heteroatoms. The summed E-state index contributed by atoms with van der Waals surface area (Å²) < 4.78 is 8.09. The second-order valence-electron chi connectivity index (χ2n) is 15.9. The Labute approximate surface area is 340 Å². The van der Waals surface area contributed by atoms with Crippen LogP contribution in [-0.4, -0.2) is 29.7 Å². The van der Waals surface area contributed by atoms with E-state index < -0.39 is 0 Å². The van der Waals surface area contributed by atoms with Gasteiger partial charge in [0.05, 0.1) is 5.52 Å². The minimum absolute atomic E-state index is 0.0957. The summed E-state index contributed by atoms with van der Waals surface area (Å²) >= 11 is 0.247. The molecule has 0 amide bonds. The van der Waals surface area contributed by atoms with Gasteiger partial charge in [-0.2, -0.15) is 0 Å². The van der Waals surface area contributed by atoms with Gasteiger partial charge in [0, 0.05) is 16.5 Å². The van der Waals surface area contributed by atoms with Crippen LogP contribution < -0.4 is 4.90 Å². The van der Waals surface area contributed by atoms with Gasteiger partial charge in [-0.15, -0.1) is 0 Å². The van der Waals surface area contributed by atoms with Gasteiger partial charge in [0.25, 0.3) is 0 Å². The molecule has 2 aliphatic heterocycles. The molecular formula is C54H33N3Se. The summed E-state index contributed by atoms with van der Waals surface area (Å²) in [5, 5.41) is 8.02. The number of benzene rings is 8. The van der Waals surface area contributed by atoms with Gasteiger partial charge in [-0.3, -0.25) is 0 Å². The number of anilines is 2. The molecule has 58 heavy (non-hydrogen) atoms. The van der Waals surface area contributed by atoms with Crippen LogP contribution in [-0.2, 0) is 0 Å². The molecular weight excluding hydrogens is 770 g/mol. The standard InChI is InChI=1S/C54H33N3Se/c1-2-14-32(15-3-1)55-43-24-8-4-16-33(43)37-20-12-21-38(51(37)55)35-28-30-46-52-49(35)41-18-5-9-25-44(41)56(52)47-31-29-36(50-42-19-6-10-26-45(42)57(46)53(47)50)40-23-13-22-39-34-17-7-11-27-48(34)58-54(39)40/h1-31,49,52H. The van der Waals surface area contributed by atoms with Crippen LogP contribution in [0, 0.1) is 0 Å². The summed E-state index contributed by atoms with van der Waals surface area (Å²) in [6.07, 6.45) is 4.91. The van der Waals surface area contributed by atoms with E-state index in [1.54, 1.807) is 0 Å². The van der Waals surface area contributed by atoms with E-state index in [4.69, 9.17) is 0 Å². The number of allylic oxidation sites excluding steroid dienone is 2. The third-order valence-corrected chi connectivity index (χ3v) is 15.8. The van der Waals surface area contributed by atoms with E-state index in [-0.39, 0.29) is 26.5 Å². The van der Waals surface area contributed by atoms with Gasteiger partial charge >= 0.3 is 249 Å². The first-order valence-electron chi connectivity index (χ1n) is 20.2. The average molecular weight is 803 g/mol. The van der Waals surface area contributed by atoms with E-state index in [0.29, 0.717) is 0 Å². The predicted molar refractivity (Wildman–Crippen MR) is 245 cm³/mol. The topological polar surface area (TPSA) is 13.1 Å². The van der Waals surface area contributed by atoms with Crippen LogP contribution in [0.5, 0.6) is 0 Å². The Morgan fingerprint density at radius 3 is 2.00 bits per heavy atom. The average Bonchev–Trinajstić information content (AvgIpc) is 4.04. The van der Waals surface area contributed by atoms with E-state index in [9.17, 15) is 0 Å². The Balaban J connectivity index is 1.07. The molecule has 8 aromatic carbocycles. The summed E-state index contributed by atoms with van der Waals surface area (Å²) in [5.74, 6) is 0.131. The van der Waals surface area contributed by atoms with Gasteiger partial charge in [-0.1, -0.05) is 48.5 Å². The van der Waals surface area contributed by atoms with Crippen molar-refractivity contribution in [2.45, 2.75) is 12.0 Å². The van der Waals surface area contributed by atoms with E-state index >= 15 is 0 Å². The second kappa shape index (κ2) is 11.4. The van der Waals surface area contributed by atoms with Crippen LogP contribution in [0.2, 0.25) is 0 Å². The van der Waals surface area contributed by atoms with Gasteiger partial charge in [0.1, 0.15) is 0 Å². The Hall–Kier alpha value is -6.84. The van der Waals surface area contributed by atoms with Crippen molar-refractivity contribution in [1.29, 1.82) is 0 Å². The number of fused-ring (bicyclic) bond motifs is 14. The third-order valence-electron chi connectivity index (χ3n) is 13.2. The second-order valence-corrected chi connectivity index (χ2v) is 18.2. The quantitative estimate of drug-likeness (QED) is 0.162. The first-order valence-corrected chi connectivity index (χ1v) is 21.9. The molecule has 0 spiro atoms. The van der Waals surface area contributed by atoms with Crippen molar-refractivity contribution in [3.05, 3.63) is 199 Å². The molecule has 3 aromatic heterocycles. The normalized spacial score (nSPS) is 16.8. The molecule has 11 aromatic rings. The van der Waals surface area contributed by atoms with Crippen LogP contribution in [0.1, 0.15) is 17.0 Å². The van der Waals surface area contributed by atoms with E-state index in [1.807, 2.05) is 0 Å². The molecule has 270 valence electrons. The van der Waals surface area contributed by atoms with E-state index in [2.05, 4.69) is 202 Å². The van der Waals surface area contributed by atoms with Gasteiger partial charge in [-0.25, -0.2) is 0 Å². The number of nitrogens with zero attached hydrogens (tertiary/aromatic N) is 3. The zero-order valence-electron chi connectivity index (χ0n) is 31.3. The monoisotopic (exact) mass is 803 g/mol. The number of hydrogen-bond donors (Lipinski definition) is 0. The molecule has 5 heterocycles. The molecule has 2 unspecified atom stereocenters. The van der Waals surface area contributed by atoms with Crippen molar-refractivity contribution in [3.8, 4) is 16.8 Å². The fourth-order valence-electron chi connectivity index (χ4n) is 11.0. The number of para-hydroxylation sites is 5. The Bertz CT molecular complexity index is 3650. The summed E-state index contributed by atoms with van der Waals surface area (Å²) in [6, 6.07) is 65.9. The van der Waals surface area contributed by atoms with Crippen molar-refractivity contribution >= 4 is 100 Å². The van der Waals surface area contributed by atoms with Crippen LogP contribution in [0.3, 0.4) is 0 Å². The van der Waals surface area contributed by atoms with Crippen LogP contribution >= 0.6 is 0 Å². The molecule has 3 nitrogen and oxygen atoms in total. The number of rotatable bonds is 3. The maximum absolute atomic E-state index is 2.69. The summed E-state index contributed by atoms with van der Waals surface area (Å²) in [5.41, 5.74) is 16.9. The SMILES string of the molecule is C1=C(c2cccc3c4ccccc4n(-c4ccccc4)c23)C2c3ccccc3N3c4ccc(-c5cccc6c5[se]c5ccccc56)c5c6ccccc6n(c45)C(=C1)C23. The van der Waals surface area contributed by atoms with Crippen LogP contribution in [0.4, 0.5) is 11.4 Å². The fraction of sp³-hybridized carbons (Fsp3) is 0.0370.